The molecule has 2 amide bonds. The molecule has 32 heavy (non-hydrogen) atoms. The summed E-state index contributed by atoms with van der Waals surface area (Å²) in [6.07, 6.45) is 4.23. The zero-order valence-electron chi connectivity index (χ0n) is 19.0. The summed E-state index contributed by atoms with van der Waals surface area (Å²) >= 11 is 0. The lowest BCUT2D eigenvalue weighted by Gasteiger charge is -2.28. The topological polar surface area (TPSA) is 81.5 Å². The van der Waals surface area contributed by atoms with Crippen LogP contribution in [0.3, 0.4) is 0 Å². The second-order valence-corrected chi connectivity index (χ2v) is 7.82. The van der Waals surface area contributed by atoms with Crippen LogP contribution in [-0.2, 0) is 16.1 Å². The average molecular weight is 445 g/mol. The fourth-order valence-corrected chi connectivity index (χ4v) is 3.78. The number of carbonyl (C=O) groups is 2. The first kappa shape index (κ1) is 23.7. The van der Waals surface area contributed by atoms with Crippen molar-refractivity contribution in [3.8, 4) is 11.5 Å². The van der Waals surface area contributed by atoms with E-state index in [0.717, 1.165) is 19.3 Å². The molecule has 1 atom stereocenters. The summed E-state index contributed by atoms with van der Waals surface area (Å²) in [4.78, 5) is 29.9. The first-order valence-electron chi connectivity index (χ1n) is 11.0. The molecular formula is C24H32N2O6. The van der Waals surface area contributed by atoms with Gasteiger partial charge in [0, 0.05) is 31.3 Å². The van der Waals surface area contributed by atoms with Crippen LogP contribution in [0, 0.1) is 0 Å². The highest BCUT2D eigenvalue weighted by Gasteiger charge is 2.27. The zero-order chi connectivity index (χ0) is 22.9. The van der Waals surface area contributed by atoms with Crippen molar-refractivity contribution >= 4 is 11.8 Å². The highest BCUT2D eigenvalue weighted by atomic mass is 16.5. The van der Waals surface area contributed by atoms with Gasteiger partial charge in [0.25, 0.3) is 5.91 Å². The van der Waals surface area contributed by atoms with Crippen molar-refractivity contribution in [2.75, 3.05) is 40.5 Å². The van der Waals surface area contributed by atoms with Gasteiger partial charge in [-0.2, -0.15) is 0 Å². The summed E-state index contributed by atoms with van der Waals surface area (Å²) in [7, 11) is 3.07. The van der Waals surface area contributed by atoms with Gasteiger partial charge in [0.1, 0.15) is 23.8 Å². The Kier molecular flexibility index (Phi) is 8.56. The van der Waals surface area contributed by atoms with Crippen LogP contribution in [0.25, 0.3) is 0 Å². The van der Waals surface area contributed by atoms with Gasteiger partial charge in [0.15, 0.2) is 0 Å². The molecule has 0 spiro atoms. The van der Waals surface area contributed by atoms with Gasteiger partial charge in [-0.25, -0.2) is 0 Å². The molecule has 8 nitrogen and oxygen atoms in total. The van der Waals surface area contributed by atoms with Crippen LogP contribution in [0.4, 0.5) is 0 Å². The Bertz CT molecular complexity index is 854. The number of methoxy groups -OCH3 is 2. The van der Waals surface area contributed by atoms with Crippen molar-refractivity contribution < 1.29 is 28.2 Å². The second kappa shape index (κ2) is 11.6. The molecule has 1 saturated heterocycles. The summed E-state index contributed by atoms with van der Waals surface area (Å²) in [5.41, 5.74) is 0.416. The van der Waals surface area contributed by atoms with Crippen LogP contribution in [0.15, 0.2) is 41.0 Å². The summed E-state index contributed by atoms with van der Waals surface area (Å²) in [6, 6.07) is 8.66. The van der Waals surface area contributed by atoms with Crippen LogP contribution < -0.4 is 9.47 Å². The quantitative estimate of drug-likeness (QED) is 0.529. The van der Waals surface area contributed by atoms with Crippen LogP contribution in [0.1, 0.15) is 42.3 Å². The monoisotopic (exact) mass is 444 g/mol. The van der Waals surface area contributed by atoms with E-state index in [2.05, 4.69) is 0 Å². The van der Waals surface area contributed by atoms with Crippen molar-refractivity contribution in [1.29, 1.82) is 0 Å². The third-order valence-corrected chi connectivity index (χ3v) is 5.43. The van der Waals surface area contributed by atoms with Gasteiger partial charge >= 0.3 is 0 Å². The normalized spacial score (nSPS) is 15.4. The molecule has 0 aliphatic carbocycles. The molecule has 2 heterocycles. The first-order valence-corrected chi connectivity index (χ1v) is 11.0. The third-order valence-electron chi connectivity index (χ3n) is 5.43. The predicted molar refractivity (Wildman–Crippen MR) is 119 cm³/mol. The van der Waals surface area contributed by atoms with Crippen LogP contribution >= 0.6 is 0 Å². The lowest BCUT2D eigenvalue weighted by atomic mass is 10.1. The number of rotatable bonds is 11. The third kappa shape index (κ3) is 6.26. The van der Waals surface area contributed by atoms with Gasteiger partial charge in [-0.1, -0.05) is 6.92 Å². The standard InChI is InChI=1S/C24H32N2O6/c1-4-9-25(24(28)18-12-21(29-2)14-22(13-18)30-3)17-23(27)26(15-19-7-5-10-31-19)16-20-8-6-11-32-20/h5,7,10,12-14,20H,4,6,8-9,11,15-17H2,1-3H3. The fourth-order valence-electron chi connectivity index (χ4n) is 3.78. The minimum atomic E-state index is -0.243. The van der Waals surface area contributed by atoms with Crippen molar-refractivity contribution in [2.24, 2.45) is 0 Å². The van der Waals surface area contributed by atoms with E-state index in [9.17, 15) is 9.59 Å². The molecule has 1 aromatic carbocycles. The smallest absolute Gasteiger partial charge is 0.254 e. The lowest BCUT2D eigenvalue weighted by Crippen LogP contribution is -2.45. The Labute approximate surface area is 189 Å². The Morgan fingerprint density at radius 1 is 1.12 bits per heavy atom. The predicted octanol–water partition coefficient (Wildman–Crippen LogP) is 3.36. The van der Waals surface area contributed by atoms with E-state index in [4.69, 9.17) is 18.6 Å². The van der Waals surface area contributed by atoms with Gasteiger partial charge < -0.3 is 28.4 Å². The largest absolute Gasteiger partial charge is 0.497 e. The molecule has 0 bridgehead atoms. The Morgan fingerprint density at radius 2 is 1.88 bits per heavy atom. The number of nitrogens with zero attached hydrogens (tertiary/aromatic N) is 2. The van der Waals surface area contributed by atoms with Crippen LogP contribution in [-0.4, -0.2) is 68.2 Å². The van der Waals surface area contributed by atoms with Gasteiger partial charge in [-0.05, 0) is 43.5 Å². The molecule has 1 unspecified atom stereocenters. The summed E-state index contributed by atoms with van der Waals surface area (Å²) in [6.45, 7) is 3.93. The molecule has 174 valence electrons. The number of amides is 2. The van der Waals surface area contributed by atoms with Crippen LogP contribution in [0.2, 0.25) is 0 Å². The number of hydrogen-bond donors (Lipinski definition) is 0. The molecule has 0 N–H and O–H groups in total. The minimum absolute atomic E-state index is 0.00637. The molecule has 0 saturated carbocycles. The first-order chi connectivity index (χ1) is 15.5. The maximum Gasteiger partial charge on any atom is 0.254 e. The van der Waals surface area contributed by atoms with E-state index in [1.54, 1.807) is 40.3 Å². The number of benzene rings is 1. The number of hydrogen-bond acceptors (Lipinski definition) is 6. The van der Waals surface area contributed by atoms with Crippen LogP contribution in [0.5, 0.6) is 11.5 Å². The van der Waals surface area contributed by atoms with E-state index in [0.29, 0.717) is 49.1 Å². The van der Waals surface area contributed by atoms with Gasteiger partial charge in [-0.15, -0.1) is 0 Å². The number of ether oxygens (including phenoxy) is 3. The minimum Gasteiger partial charge on any atom is -0.497 e. The summed E-state index contributed by atoms with van der Waals surface area (Å²) in [5, 5.41) is 0. The number of carbonyl (C=O) groups excluding carboxylic acids is 2. The van der Waals surface area contributed by atoms with E-state index < -0.39 is 0 Å². The van der Waals surface area contributed by atoms with Crippen molar-refractivity contribution in [2.45, 2.75) is 38.8 Å². The van der Waals surface area contributed by atoms with Crippen molar-refractivity contribution in [3.05, 3.63) is 47.9 Å². The maximum atomic E-state index is 13.3. The molecule has 3 rings (SSSR count). The van der Waals surface area contributed by atoms with E-state index >= 15 is 0 Å². The molecule has 2 aromatic rings. The molecule has 0 radical (unpaired) electrons. The number of furan rings is 1. The highest BCUT2D eigenvalue weighted by molar-refractivity contribution is 5.97. The van der Waals surface area contributed by atoms with Crippen molar-refractivity contribution in [1.82, 2.24) is 9.80 Å². The Balaban J connectivity index is 1.77. The van der Waals surface area contributed by atoms with Gasteiger partial charge in [0.2, 0.25) is 5.91 Å². The second-order valence-electron chi connectivity index (χ2n) is 7.82. The van der Waals surface area contributed by atoms with Gasteiger partial charge in [-0.3, -0.25) is 9.59 Å². The maximum absolute atomic E-state index is 13.3. The molecule has 1 aliphatic heterocycles. The van der Waals surface area contributed by atoms with E-state index in [-0.39, 0.29) is 24.5 Å². The zero-order valence-corrected chi connectivity index (χ0v) is 19.0. The summed E-state index contributed by atoms with van der Waals surface area (Å²) in [5.74, 6) is 1.35. The molecule has 1 fully saturated rings. The van der Waals surface area contributed by atoms with Crippen molar-refractivity contribution in [3.63, 3.8) is 0 Å². The van der Waals surface area contributed by atoms with E-state index in [1.807, 2.05) is 13.0 Å². The molecular weight excluding hydrogens is 412 g/mol. The van der Waals surface area contributed by atoms with E-state index in [1.165, 1.54) is 14.2 Å². The highest BCUT2D eigenvalue weighted by Crippen LogP contribution is 2.24. The molecule has 1 aliphatic rings. The lowest BCUT2D eigenvalue weighted by molar-refractivity contribution is -0.134. The summed E-state index contributed by atoms with van der Waals surface area (Å²) < 4.78 is 21.8. The van der Waals surface area contributed by atoms with Gasteiger partial charge in [0.05, 0.1) is 33.1 Å². The Hall–Kier alpha value is -3.00. The SMILES string of the molecule is CCCN(CC(=O)N(Cc1ccco1)CC1CCCO1)C(=O)c1cc(OC)cc(OC)c1. The fraction of sp³-hybridized carbons (Fsp3) is 0.500. The Morgan fingerprint density at radius 3 is 2.44 bits per heavy atom. The average Bonchev–Trinajstić information content (AvgIpc) is 3.51. The molecule has 1 aromatic heterocycles. The molecule has 8 heteroatoms.